The Bertz CT molecular complexity index is 709. The number of carbonyl (C=O) groups excluding carboxylic acids is 1. The summed E-state index contributed by atoms with van der Waals surface area (Å²) in [6.45, 7) is 0. The number of benzene rings is 2. The normalized spacial score (nSPS) is 10.9. The molecule has 0 heterocycles. The van der Waals surface area contributed by atoms with E-state index in [4.69, 9.17) is 4.74 Å². The Morgan fingerprint density at radius 1 is 1.05 bits per heavy atom. The maximum Gasteiger partial charge on any atom is 0.185 e. The van der Waals surface area contributed by atoms with Gasteiger partial charge in [-0.15, -0.1) is 0 Å². The molecule has 0 amide bonds. The molecule has 0 aliphatic rings. The summed E-state index contributed by atoms with van der Waals surface area (Å²) >= 11 is 0. The predicted octanol–water partition coefficient (Wildman–Crippen LogP) is 4.01. The molecule has 2 aromatic carbocycles. The molecule has 2 nitrogen and oxygen atoms in total. The second-order valence-electron chi connectivity index (χ2n) is 4.21. The zero-order valence-corrected chi connectivity index (χ0v) is 11.1. The zero-order valence-electron chi connectivity index (χ0n) is 11.1. The molecule has 0 bridgehead atoms. The van der Waals surface area contributed by atoms with Crippen molar-refractivity contribution < 1.29 is 22.7 Å². The molecule has 0 radical (unpaired) electrons. The third-order valence-corrected chi connectivity index (χ3v) is 2.81. The average Bonchev–Trinajstić information content (AvgIpc) is 2.47. The monoisotopic (exact) mass is 292 g/mol. The van der Waals surface area contributed by atoms with Crippen LogP contribution in [0.15, 0.2) is 42.5 Å². The third-order valence-electron chi connectivity index (χ3n) is 2.81. The van der Waals surface area contributed by atoms with E-state index < -0.39 is 23.2 Å². The summed E-state index contributed by atoms with van der Waals surface area (Å²) in [5.74, 6) is -2.44. The number of hydrogen-bond acceptors (Lipinski definition) is 2. The summed E-state index contributed by atoms with van der Waals surface area (Å²) in [5, 5.41) is 0. The molecule has 0 saturated carbocycles. The van der Waals surface area contributed by atoms with Crippen LogP contribution in [0.5, 0.6) is 5.75 Å². The molecule has 0 aliphatic carbocycles. The first-order chi connectivity index (χ1) is 10.0. The van der Waals surface area contributed by atoms with Crippen LogP contribution >= 0.6 is 0 Å². The maximum atomic E-state index is 13.5. The molecule has 0 N–H and O–H groups in total. The number of allylic oxidation sites excluding steroid dienone is 1. The van der Waals surface area contributed by atoms with Crippen LogP contribution in [0.25, 0.3) is 6.08 Å². The van der Waals surface area contributed by atoms with Crippen molar-refractivity contribution in [2.45, 2.75) is 0 Å². The molecule has 108 valence electrons. The van der Waals surface area contributed by atoms with Gasteiger partial charge in [0.05, 0.1) is 7.11 Å². The van der Waals surface area contributed by atoms with Crippen LogP contribution in [-0.2, 0) is 0 Å². The highest BCUT2D eigenvalue weighted by Gasteiger charge is 2.08. The van der Waals surface area contributed by atoms with Gasteiger partial charge in [-0.1, -0.05) is 0 Å². The van der Waals surface area contributed by atoms with Gasteiger partial charge in [0.25, 0.3) is 0 Å². The van der Waals surface area contributed by atoms with Gasteiger partial charge >= 0.3 is 0 Å². The van der Waals surface area contributed by atoms with E-state index >= 15 is 0 Å². The molecule has 0 atom stereocenters. The highest BCUT2D eigenvalue weighted by atomic mass is 19.1. The van der Waals surface area contributed by atoms with Gasteiger partial charge in [0.2, 0.25) is 0 Å². The van der Waals surface area contributed by atoms with Gasteiger partial charge in [0.15, 0.2) is 17.3 Å². The smallest absolute Gasteiger partial charge is 0.185 e. The van der Waals surface area contributed by atoms with Crippen LogP contribution in [0.2, 0.25) is 0 Å². The Balaban J connectivity index is 2.23. The van der Waals surface area contributed by atoms with E-state index in [-0.39, 0.29) is 16.9 Å². The quantitative estimate of drug-likeness (QED) is 0.628. The van der Waals surface area contributed by atoms with Crippen molar-refractivity contribution in [3.63, 3.8) is 0 Å². The lowest BCUT2D eigenvalue weighted by atomic mass is 10.1. The fraction of sp³-hybridized carbons (Fsp3) is 0.0625. The number of ketones is 1. The molecule has 5 heteroatoms. The van der Waals surface area contributed by atoms with Crippen molar-refractivity contribution in [3.05, 3.63) is 71.1 Å². The number of hydrogen-bond donors (Lipinski definition) is 0. The van der Waals surface area contributed by atoms with Gasteiger partial charge < -0.3 is 4.74 Å². The first-order valence-electron chi connectivity index (χ1n) is 6.02. The molecule has 0 aliphatic heterocycles. The van der Waals surface area contributed by atoms with Gasteiger partial charge in [-0.05, 0) is 48.6 Å². The lowest BCUT2D eigenvalue weighted by Crippen LogP contribution is -1.97. The van der Waals surface area contributed by atoms with E-state index in [0.717, 1.165) is 36.4 Å². The largest absolute Gasteiger partial charge is 0.494 e. The number of rotatable bonds is 4. The molecule has 21 heavy (non-hydrogen) atoms. The molecule has 0 aromatic heterocycles. The van der Waals surface area contributed by atoms with Gasteiger partial charge in [-0.2, -0.15) is 0 Å². The zero-order chi connectivity index (χ0) is 15.4. The minimum Gasteiger partial charge on any atom is -0.494 e. The summed E-state index contributed by atoms with van der Waals surface area (Å²) in [6, 6.07) is 6.64. The lowest BCUT2D eigenvalue weighted by Gasteiger charge is -2.02. The summed E-state index contributed by atoms with van der Waals surface area (Å²) in [5.41, 5.74) is 0.0266. The summed E-state index contributed by atoms with van der Waals surface area (Å²) < 4.78 is 44.6. The SMILES string of the molecule is COc1ccc(C(=O)/C=C/c2cc(F)ccc2F)cc1F. The predicted molar refractivity (Wildman–Crippen MR) is 72.7 cm³/mol. The molecular formula is C16H11F3O2. The summed E-state index contributed by atoms with van der Waals surface area (Å²) in [6.07, 6.45) is 2.20. The molecule has 0 spiro atoms. The van der Waals surface area contributed by atoms with E-state index in [2.05, 4.69) is 0 Å². The van der Waals surface area contributed by atoms with Gasteiger partial charge in [0.1, 0.15) is 11.6 Å². The van der Waals surface area contributed by atoms with E-state index in [1.54, 1.807) is 0 Å². The fourth-order valence-corrected chi connectivity index (χ4v) is 1.72. The molecule has 0 fully saturated rings. The van der Waals surface area contributed by atoms with Crippen LogP contribution in [0.4, 0.5) is 13.2 Å². The highest BCUT2D eigenvalue weighted by Crippen LogP contribution is 2.18. The molecule has 2 rings (SSSR count). The molecule has 0 unspecified atom stereocenters. The van der Waals surface area contributed by atoms with Crippen molar-refractivity contribution in [1.29, 1.82) is 0 Å². The van der Waals surface area contributed by atoms with Crippen molar-refractivity contribution in [3.8, 4) is 5.75 Å². The minimum atomic E-state index is -0.673. The van der Waals surface area contributed by atoms with Crippen LogP contribution < -0.4 is 4.74 Å². The lowest BCUT2D eigenvalue weighted by molar-refractivity contribution is 0.104. The van der Waals surface area contributed by atoms with Crippen molar-refractivity contribution in [2.75, 3.05) is 7.11 Å². The van der Waals surface area contributed by atoms with Gasteiger partial charge in [-0.25, -0.2) is 13.2 Å². The van der Waals surface area contributed by atoms with E-state index in [0.29, 0.717) is 0 Å². The van der Waals surface area contributed by atoms with E-state index in [1.807, 2.05) is 0 Å². The Hall–Kier alpha value is -2.56. The van der Waals surface area contributed by atoms with Crippen LogP contribution in [0.1, 0.15) is 15.9 Å². The van der Waals surface area contributed by atoms with Crippen molar-refractivity contribution in [2.24, 2.45) is 0 Å². The first-order valence-corrected chi connectivity index (χ1v) is 6.02. The highest BCUT2D eigenvalue weighted by molar-refractivity contribution is 6.06. The topological polar surface area (TPSA) is 26.3 Å². The third kappa shape index (κ3) is 3.51. The molecular weight excluding hydrogens is 281 g/mol. The van der Waals surface area contributed by atoms with Gasteiger partial charge in [-0.3, -0.25) is 4.79 Å². The average molecular weight is 292 g/mol. The Kier molecular flexibility index (Phi) is 4.42. The fourth-order valence-electron chi connectivity index (χ4n) is 1.72. The first kappa shape index (κ1) is 14.8. The standard InChI is InChI=1S/C16H11F3O2/c1-21-16-7-3-11(9-14(16)19)15(20)6-2-10-8-12(17)4-5-13(10)18/h2-9H,1H3/b6-2+. The summed E-state index contributed by atoms with van der Waals surface area (Å²) in [7, 11) is 1.31. The van der Waals surface area contributed by atoms with Crippen molar-refractivity contribution in [1.82, 2.24) is 0 Å². The maximum absolute atomic E-state index is 13.5. The van der Waals surface area contributed by atoms with Crippen LogP contribution in [0.3, 0.4) is 0 Å². The number of ether oxygens (including phenoxy) is 1. The number of carbonyl (C=O) groups is 1. The Labute approximate surface area is 119 Å². The second-order valence-corrected chi connectivity index (χ2v) is 4.21. The molecule has 2 aromatic rings. The Morgan fingerprint density at radius 2 is 1.81 bits per heavy atom. The Morgan fingerprint density at radius 3 is 2.48 bits per heavy atom. The van der Waals surface area contributed by atoms with E-state index in [1.165, 1.54) is 19.2 Å². The van der Waals surface area contributed by atoms with Gasteiger partial charge in [0, 0.05) is 11.1 Å². The van der Waals surface area contributed by atoms with Crippen LogP contribution in [-0.4, -0.2) is 12.9 Å². The number of methoxy groups -OCH3 is 1. The summed E-state index contributed by atoms with van der Waals surface area (Å²) in [4.78, 5) is 11.9. The second kappa shape index (κ2) is 6.26. The van der Waals surface area contributed by atoms with E-state index in [9.17, 15) is 18.0 Å². The molecule has 0 saturated heterocycles. The number of halogens is 3. The minimum absolute atomic E-state index is 0.0201. The van der Waals surface area contributed by atoms with Crippen LogP contribution in [0, 0.1) is 17.5 Å². The van der Waals surface area contributed by atoms with Crippen molar-refractivity contribution >= 4 is 11.9 Å².